The van der Waals surface area contributed by atoms with Crippen LogP contribution in [0.4, 0.5) is 0 Å². The number of rotatable bonds is 5. The number of nitrogens with zero attached hydrogens (tertiary/aromatic N) is 2. The van der Waals surface area contributed by atoms with E-state index >= 15 is 0 Å². The van der Waals surface area contributed by atoms with Gasteiger partial charge in [0.05, 0.1) is 10.7 Å². The number of halogens is 1. The van der Waals surface area contributed by atoms with Gasteiger partial charge in [0.25, 0.3) is 0 Å². The summed E-state index contributed by atoms with van der Waals surface area (Å²) in [5, 5.41) is 10.5. The Hall–Kier alpha value is -1.59. The van der Waals surface area contributed by atoms with Gasteiger partial charge in [0.15, 0.2) is 5.96 Å². The van der Waals surface area contributed by atoms with E-state index in [1.807, 2.05) is 31.2 Å². The molecule has 1 heterocycles. The lowest BCUT2D eigenvalue weighted by Crippen LogP contribution is -2.37. The summed E-state index contributed by atoms with van der Waals surface area (Å²) in [5.41, 5.74) is 2.17. The fraction of sp³-hybridized carbons (Fsp3) is 0.333. The second kappa shape index (κ2) is 8.00. The van der Waals surface area contributed by atoms with Crippen LogP contribution >= 0.6 is 22.9 Å². The topological polar surface area (TPSA) is 49.3 Å². The van der Waals surface area contributed by atoms with Crippen LogP contribution in [0, 0.1) is 6.92 Å². The Morgan fingerprint density at radius 1 is 1.33 bits per heavy atom. The molecule has 2 rings (SSSR count). The van der Waals surface area contributed by atoms with Crippen LogP contribution in [0.3, 0.4) is 0 Å². The second-order valence-corrected chi connectivity index (χ2v) is 6.02. The van der Waals surface area contributed by atoms with Gasteiger partial charge in [0.2, 0.25) is 0 Å². The van der Waals surface area contributed by atoms with E-state index in [4.69, 9.17) is 11.6 Å². The fourth-order valence-electron chi connectivity index (χ4n) is 1.87. The summed E-state index contributed by atoms with van der Waals surface area (Å²) in [6.45, 7) is 3.46. The summed E-state index contributed by atoms with van der Waals surface area (Å²) < 4.78 is 0. The van der Waals surface area contributed by atoms with E-state index in [0.717, 1.165) is 40.2 Å². The van der Waals surface area contributed by atoms with Gasteiger partial charge in [-0.25, -0.2) is 4.98 Å². The van der Waals surface area contributed by atoms with E-state index in [9.17, 15) is 0 Å². The molecule has 6 heteroatoms. The maximum absolute atomic E-state index is 6.13. The molecule has 1 aromatic carbocycles. The number of aromatic nitrogens is 1. The first-order chi connectivity index (χ1) is 10.2. The van der Waals surface area contributed by atoms with Crippen molar-refractivity contribution in [3.05, 3.63) is 50.9 Å². The molecule has 112 valence electrons. The molecular formula is C15H19ClN4S. The zero-order valence-corrected chi connectivity index (χ0v) is 13.8. The monoisotopic (exact) mass is 322 g/mol. The number of benzene rings is 1. The Balaban J connectivity index is 1.77. The van der Waals surface area contributed by atoms with Crippen molar-refractivity contribution in [2.45, 2.75) is 19.9 Å². The molecule has 0 spiro atoms. The highest BCUT2D eigenvalue weighted by molar-refractivity contribution is 7.09. The van der Waals surface area contributed by atoms with Crippen LogP contribution < -0.4 is 10.6 Å². The Morgan fingerprint density at radius 3 is 2.81 bits per heavy atom. The largest absolute Gasteiger partial charge is 0.356 e. The lowest BCUT2D eigenvalue weighted by Gasteiger charge is -2.12. The summed E-state index contributed by atoms with van der Waals surface area (Å²) in [6, 6.07) is 7.79. The summed E-state index contributed by atoms with van der Waals surface area (Å²) in [6.07, 6.45) is 0.886. The number of guanidine groups is 1. The van der Waals surface area contributed by atoms with Crippen LogP contribution in [0.5, 0.6) is 0 Å². The first kappa shape index (κ1) is 15.8. The number of hydrogen-bond acceptors (Lipinski definition) is 3. The van der Waals surface area contributed by atoms with E-state index in [-0.39, 0.29) is 0 Å². The van der Waals surface area contributed by atoms with E-state index < -0.39 is 0 Å². The predicted octanol–water partition coefficient (Wildman–Crippen LogP) is 3.01. The molecule has 0 aliphatic carbocycles. The maximum atomic E-state index is 6.13. The van der Waals surface area contributed by atoms with Crippen LogP contribution in [0.2, 0.25) is 5.02 Å². The number of thiazole rings is 1. The standard InChI is InChI=1S/C15H19ClN4S/c1-11-20-13(10-21-11)7-8-18-15(17-2)19-9-12-5-3-4-6-14(12)16/h3-6,10H,7-9H2,1-2H3,(H2,17,18,19). The molecule has 0 aliphatic heterocycles. The molecule has 0 fully saturated rings. The lowest BCUT2D eigenvalue weighted by molar-refractivity contribution is 0.786. The van der Waals surface area contributed by atoms with E-state index in [1.165, 1.54) is 0 Å². The molecule has 1 aromatic heterocycles. The summed E-state index contributed by atoms with van der Waals surface area (Å²) in [4.78, 5) is 8.64. The third-order valence-corrected chi connectivity index (χ3v) is 4.16. The number of nitrogens with one attached hydrogen (secondary N) is 2. The summed E-state index contributed by atoms with van der Waals surface area (Å²) >= 11 is 7.81. The molecule has 0 radical (unpaired) electrons. The maximum Gasteiger partial charge on any atom is 0.191 e. The van der Waals surface area contributed by atoms with Gasteiger partial charge in [-0.3, -0.25) is 4.99 Å². The van der Waals surface area contributed by atoms with Crippen LogP contribution in [0.25, 0.3) is 0 Å². The molecule has 0 aliphatic rings. The zero-order chi connectivity index (χ0) is 15.1. The quantitative estimate of drug-likeness (QED) is 0.657. The molecule has 0 amide bonds. The third kappa shape index (κ3) is 5.02. The van der Waals surface area contributed by atoms with Gasteiger partial charge >= 0.3 is 0 Å². The minimum Gasteiger partial charge on any atom is -0.356 e. The highest BCUT2D eigenvalue weighted by atomic mass is 35.5. The van der Waals surface area contributed by atoms with Crippen LogP contribution in [0.1, 0.15) is 16.3 Å². The molecule has 0 atom stereocenters. The van der Waals surface area contributed by atoms with Crippen molar-refractivity contribution in [1.82, 2.24) is 15.6 Å². The molecule has 4 nitrogen and oxygen atoms in total. The van der Waals surface area contributed by atoms with Crippen molar-refractivity contribution >= 4 is 28.9 Å². The van der Waals surface area contributed by atoms with Crippen LogP contribution in [-0.2, 0) is 13.0 Å². The molecule has 0 saturated heterocycles. The summed E-state index contributed by atoms with van der Waals surface area (Å²) in [7, 11) is 1.76. The average Bonchev–Trinajstić information content (AvgIpc) is 2.90. The van der Waals surface area contributed by atoms with E-state index in [0.29, 0.717) is 6.54 Å². The van der Waals surface area contributed by atoms with Gasteiger partial charge in [-0.2, -0.15) is 0 Å². The van der Waals surface area contributed by atoms with Gasteiger partial charge in [-0.05, 0) is 18.6 Å². The molecule has 0 saturated carbocycles. The predicted molar refractivity (Wildman–Crippen MR) is 90.2 cm³/mol. The fourth-order valence-corrected chi connectivity index (χ4v) is 2.72. The molecule has 0 bridgehead atoms. The Labute approximate surface area is 134 Å². The first-order valence-electron chi connectivity index (χ1n) is 6.78. The minimum atomic E-state index is 0.648. The van der Waals surface area contributed by atoms with Gasteiger partial charge in [0.1, 0.15) is 0 Å². The number of aryl methyl sites for hydroxylation is 1. The van der Waals surface area contributed by atoms with Crippen LogP contribution in [0.15, 0.2) is 34.6 Å². The van der Waals surface area contributed by atoms with E-state index in [2.05, 4.69) is 26.0 Å². The zero-order valence-electron chi connectivity index (χ0n) is 12.2. The molecule has 0 unspecified atom stereocenters. The third-order valence-electron chi connectivity index (χ3n) is 2.97. The van der Waals surface area contributed by atoms with Crippen molar-refractivity contribution in [3.63, 3.8) is 0 Å². The molecular weight excluding hydrogens is 304 g/mol. The van der Waals surface area contributed by atoms with Crippen molar-refractivity contribution in [1.29, 1.82) is 0 Å². The van der Waals surface area contributed by atoms with Crippen LogP contribution in [-0.4, -0.2) is 24.5 Å². The molecule has 2 aromatic rings. The Bertz CT molecular complexity index is 609. The van der Waals surface area contributed by atoms with Crippen molar-refractivity contribution in [2.24, 2.45) is 4.99 Å². The van der Waals surface area contributed by atoms with Gasteiger partial charge in [0, 0.05) is 37.0 Å². The van der Waals surface area contributed by atoms with Gasteiger partial charge < -0.3 is 10.6 Å². The van der Waals surface area contributed by atoms with Gasteiger partial charge in [-0.15, -0.1) is 11.3 Å². The van der Waals surface area contributed by atoms with Crippen molar-refractivity contribution in [3.8, 4) is 0 Å². The number of hydrogen-bond donors (Lipinski definition) is 2. The van der Waals surface area contributed by atoms with Crippen molar-refractivity contribution < 1.29 is 0 Å². The minimum absolute atomic E-state index is 0.648. The Kier molecular flexibility index (Phi) is 6.02. The first-order valence-corrected chi connectivity index (χ1v) is 8.03. The lowest BCUT2D eigenvalue weighted by atomic mass is 10.2. The summed E-state index contributed by atoms with van der Waals surface area (Å²) in [5.74, 6) is 0.766. The second-order valence-electron chi connectivity index (χ2n) is 4.55. The van der Waals surface area contributed by atoms with Gasteiger partial charge in [-0.1, -0.05) is 29.8 Å². The molecule has 21 heavy (non-hydrogen) atoms. The van der Waals surface area contributed by atoms with Crippen molar-refractivity contribution in [2.75, 3.05) is 13.6 Å². The smallest absolute Gasteiger partial charge is 0.191 e. The number of aliphatic imine (C=N–C) groups is 1. The highest BCUT2D eigenvalue weighted by Crippen LogP contribution is 2.14. The van der Waals surface area contributed by atoms with E-state index in [1.54, 1.807) is 18.4 Å². The average molecular weight is 323 g/mol. The highest BCUT2D eigenvalue weighted by Gasteiger charge is 2.02. The normalized spacial score (nSPS) is 11.5. The Morgan fingerprint density at radius 2 is 2.14 bits per heavy atom. The molecule has 2 N–H and O–H groups in total. The SMILES string of the molecule is CN=C(NCCc1csc(C)n1)NCc1ccccc1Cl.